The Morgan fingerprint density at radius 1 is 1.60 bits per heavy atom. The maximum atomic E-state index is 4.13. The molecule has 0 atom stereocenters. The van der Waals surface area contributed by atoms with Crippen LogP contribution in [0.1, 0.15) is 5.69 Å². The summed E-state index contributed by atoms with van der Waals surface area (Å²) in [5.74, 6) is 2.20. The molecule has 1 rings (SSSR count). The predicted octanol–water partition coefficient (Wildman–Crippen LogP) is 1.47. The van der Waals surface area contributed by atoms with Gasteiger partial charge < -0.3 is 5.32 Å². The second-order valence-electron chi connectivity index (χ2n) is 3.31. The summed E-state index contributed by atoms with van der Waals surface area (Å²) in [5, 5.41) is 7.54. The summed E-state index contributed by atoms with van der Waals surface area (Å²) in [6, 6.07) is 2.06. The highest BCUT2D eigenvalue weighted by Crippen LogP contribution is 1.98. The molecule has 1 aromatic rings. The molecule has 1 heterocycles. The Morgan fingerprint density at radius 2 is 2.47 bits per heavy atom. The molecule has 0 saturated heterocycles. The number of nitrogens with one attached hydrogen (secondary N) is 1. The van der Waals surface area contributed by atoms with Crippen molar-refractivity contribution in [1.82, 2.24) is 15.1 Å². The fourth-order valence-electron chi connectivity index (χ4n) is 1.30. The van der Waals surface area contributed by atoms with Crippen LogP contribution in [0.2, 0.25) is 0 Å². The van der Waals surface area contributed by atoms with Crippen molar-refractivity contribution in [2.24, 2.45) is 7.05 Å². The minimum Gasteiger partial charge on any atom is -0.316 e. The van der Waals surface area contributed by atoms with Gasteiger partial charge in [-0.05, 0) is 6.07 Å². The number of hydrogen-bond donors (Lipinski definition) is 1. The zero-order valence-electron chi connectivity index (χ0n) is 9.28. The summed E-state index contributed by atoms with van der Waals surface area (Å²) in [6.45, 7) is 5.77. The summed E-state index contributed by atoms with van der Waals surface area (Å²) in [5.41, 5.74) is 1.28. The van der Waals surface area contributed by atoms with Crippen molar-refractivity contribution in [3.8, 4) is 0 Å². The van der Waals surface area contributed by atoms with Crippen molar-refractivity contribution < 1.29 is 0 Å². The molecular weight excluding hydrogens is 206 g/mol. The van der Waals surface area contributed by atoms with E-state index in [1.165, 1.54) is 5.69 Å². The standard InChI is InChI=1S/C11H19N3S/c1-3-9-15-10-8-12-6-4-11-5-7-13-14(11)2/h3,5,7,12H,1,4,6,8-10H2,2H3. The number of hydrogen-bond acceptors (Lipinski definition) is 3. The smallest absolute Gasteiger partial charge is 0.0492 e. The van der Waals surface area contributed by atoms with E-state index in [0.717, 1.165) is 31.0 Å². The average molecular weight is 225 g/mol. The number of rotatable bonds is 8. The van der Waals surface area contributed by atoms with Crippen LogP contribution in [0.4, 0.5) is 0 Å². The first-order valence-corrected chi connectivity index (χ1v) is 6.36. The lowest BCUT2D eigenvalue weighted by molar-refractivity contribution is 0.660. The predicted molar refractivity (Wildman–Crippen MR) is 67.3 cm³/mol. The molecule has 0 aliphatic heterocycles. The molecule has 0 unspecified atom stereocenters. The molecule has 0 aliphatic rings. The van der Waals surface area contributed by atoms with Crippen molar-refractivity contribution in [3.63, 3.8) is 0 Å². The van der Waals surface area contributed by atoms with Crippen molar-refractivity contribution in [3.05, 3.63) is 30.6 Å². The third-order valence-corrected chi connectivity index (χ3v) is 3.10. The molecule has 4 heteroatoms. The van der Waals surface area contributed by atoms with Gasteiger partial charge in [0.1, 0.15) is 0 Å². The van der Waals surface area contributed by atoms with E-state index in [2.05, 4.69) is 23.1 Å². The van der Waals surface area contributed by atoms with E-state index in [-0.39, 0.29) is 0 Å². The fourth-order valence-corrected chi connectivity index (χ4v) is 1.92. The van der Waals surface area contributed by atoms with Gasteiger partial charge >= 0.3 is 0 Å². The van der Waals surface area contributed by atoms with E-state index in [0.29, 0.717) is 0 Å². The van der Waals surface area contributed by atoms with Crippen molar-refractivity contribution in [1.29, 1.82) is 0 Å². The monoisotopic (exact) mass is 225 g/mol. The van der Waals surface area contributed by atoms with Crippen LogP contribution in [-0.4, -0.2) is 34.4 Å². The molecule has 0 aliphatic carbocycles. The van der Waals surface area contributed by atoms with E-state index in [1.54, 1.807) is 0 Å². The lowest BCUT2D eigenvalue weighted by Gasteiger charge is -2.04. The van der Waals surface area contributed by atoms with Crippen LogP contribution in [0.5, 0.6) is 0 Å². The number of aryl methyl sites for hydroxylation is 1. The number of aromatic nitrogens is 2. The summed E-state index contributed by atoms with van der Waals surface area (Å²) >= 11 is 1.91. The average Bonchev–Trinajstić information content (AvgIpc) is 2.63. The highest BCUT2D eigenvalue weighted by Gasteiger charge is 1.96. The molecule has 3 nitrogen and oxygen atoms in total. The Balaban J connectivity index is 1.98. The second-order valence-corrected chi connectivity index (χ2v) is 4.46. The van der Waals surface area contributed by atoms with E-state index >= 15 is 0 Å². The molecule has 15 heavy (non-hydrogen) atoms. The summed E-state index contributed by atoms with van der Waals surface area (Å²) in [4.78, 5) is 0. The maximum Gasteiger partial charge on any atom is 0.0492 e. The largest absolute Gasteiger partial charge is 0.316 e. The van der Waals surface area contributed by atoms with Crippen LogP contribution >= 0.6 is 11.8 Å². The van der Waals surface area contributed by atoms with Gasteiger partial charge in [0.25, 0.3) is 0 Å². The molecule has 0 spiro atoms. The molecule has 0 saturated carbocycles. The molecule has 1 aromatic heterocycles. The highest BCUT2D eigenvalue weighted by atomic mass is 32.2. The first kappa shape index (κ1) is 12.3. The lowest BCUT2D eigenvalue weighted by atomic mass is 10.3. The van der Waals surface area contributed by atoms with Crippen molar-refractivity contribution >= 4 is 11.8 Å². The molecule has 0 bridgehead atoms. The van der Waals surface area contributed by atoms with Crippen LogP contribution in [-0.2, 0) is 13.5 Å². The van der Waals surface area contributed by atoms with Gasteiger partial charge in [0.15, 0.2) is 0 Å². The molecule has 0 amide bonds. The molecular formula is C11H19N3S. The van der Waals surface area contributed by atoms with E-state index in [1.807, 2.05) is 35.8 Å². The van der Waals surface area contributed by atoms with Crippen LogP contribution < -0.4 is 5.32 Å². The van der Waals surface area contributed by atoms with Gasteiger partial charge in [-0.1, -0.05) is 6.08 Å². The van der Waals surface area contributed by atoms with Gasteiger partial charge in [-0.15, -0.1) is 6.58 Å². The first-order chi connectivity index (χ1) is 7.34. The van der Waals surface area contributed by atoms with E-state index in [4.69, 9.17) is 0 Å². The van der Waals surface area contributed by atoms with Crippen molar-refractivity contribution in [2.45, 2.75) is 6.42 Å². The minimum atomic E-state index is 1.02. The summed E-state index contributed by atoms with van der Waals surface area (Å²) in [6.07, 6.45) is 4.83. The normalized spacial score (nSPS) is 10.5. The molecule has 0 fully saturated rings. The van der Waals surface area contributed by atoms with Gasteiger partial charge in [0.05, 0.1) is 0 Å². The van der Waals surface area contributed by atoms with Crippen LogP contribution in [0.25, 0.3) is 0 Å². The fraction of sp³-hybridized carbons (Fsp3) is 0.545. The molecule has 0 aromatic carbocycles. The summed E-state index contributed by atoms with van der Waals surface area (Å²) in [7, 11) is 1.98. The number of nitrogens with zero attached hydrogens (tertiary/aromatic N) is 2. The SMILES string of the molecule is C=CCSCCNCCc1ccnn1C. The molecule has 84 valence electrons. The van der Waals surface area contributed by atoms with E-state index < -0.39 is 0 Å². The second kappa shape index (κ2) is 7.54. The van der Waals surface area contributed by atoms with Crippen LogP contribution in [0, 0.1) is 0 Å². The Labute approximate surface area is 95.9 Å². The maximum absolute atomic E-state index is 4.13. The van der Waals surface area contributed by atoms with E-state index in [9.17, 15) is 0 Å². The topological polar surface area (TPSA) is 29.9 Å². The first-order valence-electron chi connectivity index (χ1n) is 5.21. The molecule has 1 N–H and O–H groups in total. The Bertz CT molecular complexity index is 283. The van der Waals surface area contributed by atoms with Crippen LogP contribution in [0.15, 0.2) is 24.9 Å². The quantitative estimate of drug-likeness (QED) is 0.537. The summed E-state index contributed by atoms with van der Waals surface area (Å²) < 4.78 is 1.92. The minimum absolute atomic E-state index is 1.02. The Kier molecular flexibility index (Phi) is 6.20. The highest BCUT2D eigenvalue weighted by molar-refractivity contribution is 7.99. The number of thioether (sulfide) groups is 1. The third-order valence-electron chi connectivity index (χ3n) is 2.14. The lowest BCUT2D eigenvalue weighted by Crippen LogP contribution is -2.21. The Hall–Kier alpha value is -0.740. The van der Waals surface area contributed by atoms with Gasteiger partial charge in [0, 0.05) is 50.0 Å². The zero-order valence-corrected chi connectivity index (χ0v) is 10.1. The third kappa shape index (κ3) is 5.04. The van der Waals surface area contributed by atoms with Gasteiger partial charge in [-0.3, -0.25) is 4.68 Å². The van der Waals surface area contributed by atoms with Crippen molar-refractivity contribution in [2.75, 3.05) is 24.6 Å². The Morgan fingerprint density at radius 3 is 3.13 bits per heavy atom. The van der Waals surface area contributed by atoms with Gasteiger partial charge in [-0.25, -0.2) is 0 Å². The molecule has 0 radical (unpaired) electrons. The van der Waals surface area contributed by atoms with Gasteiger partial charge in [0.2, 0.25) is 0 Å². The van der Waals surface area contributed by atoms with Crippen LogP contribution in [0.3, 0.4) is 0 Å². The zero-order chi connectivity index (χ0) is 10.9. The van der Waals surface area contributed by atoms with Gasteiger partial charge in [-0.2, -0.15) is 16.9 Å².